The van der Waals surface area contributed by atoms with Gasteiger partial charge in [0.2, 0.25) is 5.91 Å². The lowest BCUT2D eigenvalue weighted by molar-refractivity contribution is -0.126. The van der Waals surface area contributed by atoms with Crippen molar-refractivity contribution in [2.45, 2.75) is 12.1 Å². The summed E-state index contributed by atoms with van der Waals surface area (Å²) in [6, 6.07) is 29.1. The first-order chi connectivity index (χ1) is 20.0. The summed E-state index contributed by atoms with van der Waals surface area (Å²) in [5.41, 5.74) is 2.07. The Kier molecular flexibility index (Phi) is 6.86. The molecule has 0 bridgehead atoms. The number of para-hydroxylation sites is 3. The molecule has 2 heterocycles. The number of fused-ring (bicyclic) bond motifs is 1. The number of methoxy groups -OCH3 is 2. The summed E-state index contributed by atoms with van der Waals surface area (Å²) in [6.07, 6.45) is -1.06. The second-order valence-electron chi connectivity index (χ2n) is 9.51. The lowest BCUT2D eigenvalue weighted by Gasteiger charge is -2.29. The molecule has 206 valence electrons. The number of hydrogen-bond acceptors (Lipinski definition) is 8. The van der Waals surface area contributed by atoms with Gasteiger partial charge in [0.1, 0.15) is 11.7 Å². The zero-order chi connectivity index (χ0) is 28.5. The number of anilines is 2. The lowest BCUT2D eigenvalue weighted by atomic mass is 9.90. The Bertz CT molecular complexity index is 1610. The highest BCUT2D eigenvalue weighted by molar-refractivity contribution is 6.24. The lowest BCUT2D eigenvalue weighted by Crippen LogP contribution is -2.37. The monoisotopic (exact) mass is 550 g/mol. The van der Waals surface area contributed by atoms with Gasteiger partial charge < -0.3 is 14.2 Å². The molecule has 9 heteroatoms. The number of rotatable bonds is 7. The predicted molar refractivity (Wildman–Crippen MR) is 150 cm³/mol. The SMILES string of the molecule is COc1cc([C@H]2[C@@H]3C(=O)N(c4ccccc4OC)C(=O)[C@H]3ON2c2ccccc2)ccc1OC(=O)c1ccccc1. The third-order valence-corrected chi connectivity index (χ3v) is 7.19. The van der Waals surface area contributed by atoms with Gasteiger partial charge in [-0.1, -0.05) is 54.6 Å². The maximum atomic E-state index is 14.0. The van der Waals surface area contributed by atoms with E-state index in [1.165, 1.54) is 14.2 Å². The van der Waals surface area contributed by atoms with Crippen LogP contribution in [0.15, 0.2) is 103 Å². The molecule has 4 aromatic rings. The van der Waals surface area contributed by atoms with Crippen LogP contribution >= 0.6 is 0 Å². The summed E-state index contributed by atoms with van der Waals surface area (Å²) in [7, 11) is 2.95. The highest BCUT2D eigenvalue weighted by Gasteiger charge is 2.60. The Morgan fingerprint density at radius 1 is 0.732 bits per heavy atom. The van der Waals surface area contributed by atoms with Crippen LogP contribution in [0.5, 0.6) is 17.2 Å². The number of hydroxylamine groups is 1. The third-order valence-electron chi connectivity index (χ3n) is 7.19. The van der Waals surface area contributed by atoms with Crippen molar-refractivity contribution >= 4 is 29.2 Å². The Hall–Kier alpha value is -5.15. The number of imide groups is 1. The average molecular weight is 551 g/mol. The van der Waals surface area contributed by atoms with E-state index in [0.29, 0.717) is 34.0 Å². The van der Waals surface area contributed by atoms with Crippen LogP contribution in [-0.2, 0) is 14.4 Å². The van der Waals surface area contributed by atoms with Crippen LogP contribution < -0.4 is 24.2 Å². The fourth-order valence-corrected chi connectivity index (χ4v) is 5.29. The Labute approximate surface area is 236 Å². The molecule has 4 aromatic carbocycles. The minimum Gasteiger partial charge on any atom is -0.495 e. The smallest absolute Gasteiger partial charge is 0.343 e. The minimum atomic E-state index is -1.06. The van der Waals surface area contributed by atoms with Gasteiger partial charge in [-0.25, -0.2) is 14.8 Å². The molecule has 0 unspecified atom stereocenters. The van der Waals surface area contributed by atoms with E-state index in [2.05, 4.69) is 0 Å². The molecule has 0 N–H and O–H groups in total. The predicted octanol–water partition coefficient (Wildman–Crippen LogP) is 4.97. The van der Waals surface area contributed by atoms with Gasteiger partial charge in [-0.05, 0) is 54.1 Å². The quantitative estimate of drug-likeness (QED) is 0.181. The molecular formula is C32H26N2O7. The van der Waals surface area contributed by atoms with E-state index in [1.807, 2.05) is 36.4 Å². The number of ether oxygens (including phenoxy) is 3. The molecule has 2 fully saturated rings. The number of carbonyl (C=O) groups excluding carboxylic acids is 3. The van der Waals surface area contributed by atoms with Gasteiger partial charge in [0.25, 0.3) is 5.91 Å². The number of nitrogens with zero attached hydrogens (tertiary/aromatic N) is 2. The third kappa shape index (κ3) is 4.56. The fourth-order valence-electron chi connectivity index (χ4n) is 5.29. The summed E-state index contributed by atoms with van der Waals surface area (Å²) < 4.78 is 16.6. The van der Waals surface area contributed by atoms with E-state index in [9.17, 15) is 14.4 Å². The highest BCUT2D eigenvalue weighted by Crippen LogP contribution is 2.49. The van der Waals surface area contributed by atoms with Crippen LogP contribution in [0.1, 0.15) is 22.0 Å². The molecule has 9 nitrogen and oxygen atoms in total. The molecule has 2 aliphatic heterocycles. The van der Waals surface area contributed by atoms with Gasteiger partial charge in [0, 0.05) is 0 Å². The highest BCUT2D eigenvalue weighted by atomic mass is 16.7. The first-order valence-electron chi connectivity index (χ1n) is 13.0. The van der Waals surface area contributed by atoms with E-state index < -0.39 is 35.8 Å². The maximum Gasteiger partial charge on any atom is 0.343 e. The van der Waals surface area contributed by atoms with E-state index >= 15 is 0 Å². The van der Waals surface area contributed by atoms with Crippen molar-refractivity contribution in [2.75, 3.05) is 24.2 Å². The van der Waals surface area contributed by atoms with Crippen LogP contribution in [0.3, 0.4) is 0 Å². The topological polar surface area (TPSA) is 94.6 Å². The van der Waals surface area contributed by atoms with Crippen molar-refractivity contribution in [1.29, 1.82) is 0 Å². The summed E-state index contributed by atoms with van der Waals surface area (Å²) in [6.45, 7) is 0. The van der Waals surface area contributed by atoms with Crippen molar-refractivity contribution in [3.05, 3.63) is 114 Å². The van der Waals surface area contributed by atoms with Crippen LogP contribution in [-0.4, -0.2) is 38.1 Å². The summed E-state index contributed by atoms with van der Waals surface area (Å²) in [4.78, 5) is 47.7. The number of esters is 1. The zero-order valence-electron chi connectivity index (χ0n) is 22.3. The second-order valence-corrected chi connectivity index (χ2v) is 9.51. The van der Waals surface area contributed by atoms with E-state index in [-0.39, 0.29) is 5.75 Å². The van der Waals surface area contributed by atoms with Gasteiger partial charge in [-0.2, -0.15) is 0 Å². The standard InChI is InChI=1S/C32H26N2O7/c1-38-24-16-10-9-15-23(24)33-30(35)27-28(34(41-29(27)31(33)36)22-13-7-4-8-14-22)21-17-18-25(26(19-21)39-2)40-32(37)20-11-5-3-6-12-20/h3-19,27-29H,1-2H3/t27-,28-,29-/m0/s1. The van der Waals surface area contributed by atoms with E-state index in [1.54, 1.807) is 71.8 Å². The van der Waals surface area contributed by atoms with Gasteiger partial charge in [-0.3, -0.25) is 14.4 Å². The summed E-state index contributed by atoms with van der Waals surface area (Å²) in [5.74, 6) is -1.37. The van der Waals surface area contributed by atoms with Gasteiger partial charge >= 0.3 is 5.97 Å². The van der Waals surface area contributed by atoms with Crippen molar-refractivity contribution in [3.63, 3.8) is 0 Å². The Morgan fingerprint density at radius 2 is 1.39 bits per heavy atom. The average Bonchev–Trinajstić information content (AvgIpc) is 3.53. The van der Waals surface area contributed by atoms with Crippen LogP contribution in [0.25, 0.3) is 0 Å². The van der Waals surface area contributed by atoms with Crippen molar-refractivity contribution in [3.8, 4) is 17.2 Å². The van der Waals surface area contributed by atoms with E-state index in [4.69, 9.17) is 19.0 Å². The summed E-state index contributed by atoms with van der Waals surface area (Å²) in [5, 5.41) is 1.59. The number of amides is 2. The molecule has 3 atom stereocenters. The van der Waals surface area contributed by atoms with Crippen molar-refractivity contribution in [2.24, 2.45) is 5.92 Å². The van der Waals surface area contributed by atoms with Crippen LogP contribution in [0, 0.1) is 5.92 Å². The van der Waals surface area contributed by atoms with Gasteiger partial charge in [0.05, 0.1) is 37.2 Å². The minimum absolute atomic E-state index is 0.219. The molecule has 0 aromatic heterocycles. The Morgan fingerprint density at radius 3 is 2.10 bits per heavy atom. The Balaban J connectivity index is 1.39. The maximum absolute atomic E-state index is 14.0. The molecular weight excluding hydrogens is 524 g/mol. The molecule has 0 spiro atoms. The molecule has 2 amide bonds. The van der Waals surface area contributed by atoms with Crippen molar-refractivity contribution < 1.29 is 33.4 Å². The molecule has 6 rings (SSSR count). The fraction of sp³-hybridized carbons (Fsp3) is 0.156. The molecule has 2 aliphatic rings. The van der Waals surface area contributed by atoms with Gasteiger partial charge in [-0.15, -0.1) is 0 Å². The molecule has 2 saturated heterocycles. The number of carbonyl (C=O) groups is 3. The summed E-state index contributed by atoms with van der Waals surface area (Å²) >= 11 is 0. The van der Waals surface area contributed by atoms with E-state index in [0.717, 1.165) is 4.90 Å². The first-order valence-corrected chi connectivity index (χ1v) is 13.0. The van der Waals surface area contributed by atoms with Crippen molar-refractivity contribution in [1.82, 2.24) is 0 Å². The number of benzene rings is 4. The largest absolute Gasteiger partial charge is 0.495 e. The normalized spacial score (nSPS) is 19.7. The van der Waals surface area contributed by atoms with Crippen LogP contribution in [0.4, 0.5) is 11.4 Å². The molecule has 41 heavy (non-hydrogen) atoms. The molecule has 0 saturated carbocycles. The molecule has 0 aliphatic carbocycles. The number of hydrogen-bond donors (Lipinski definition) is 0. The van der Waals surface area contributed by atoms with Crippen LogP contribution in [0.2, 0.25) is 0 Å². The molecule has 0 radical (unpaired) electrons. The second kappa shape index (κ2) is 10.8. The zero-order valence-corrected chi connectivity index (χ0v) is 22.3. The van der Waals surface area contributed by atoms with Gasteiger partial charge in [0.15, 0.2) is 17.6 Å². The first kappa shape index (κ1) is 26.1.